The van der Waals surface area contributed by atoms with Gasteiger partial charge in [-0.2, -0.15) is 0 Å². The molecule has 4 aliphatic rings. The molecular weight excluding hydrogens is 340 g/mol. The fraction of sp³-hybridized carbons (Fsp3) is 0.762. The van der Waals surface area contributed by atoms with Crippen molar-refractivity contribution in [1.82, 2.24) is 15.5 Å². The lowest BCUT2D eigenvalue weighted by molar-refractivity contribution is -0.140. The van der Waals surface area contributed by atoms with Crippen LogP contribution >= 0.6 is 0 Å². The van der Waals surface area contributed by atoms with E-state index < -0.39 is 0 Å². The molecule has 2 bridgehead atoms. The summed E-state index contributed by atoms with van der Waals surface area (Å²) in [5.41, 5.74) is 0.312. The van der Waals surface area contributed by atoms with E-state index in [9.17, 15) is 9.59 Å². The molecule has 4 atom stereocenters. The zero-order valence-electron chi connectivity index (χ0n) is 16.5. The summed E-state index contributed by atoms with van der Waals surface area (Å²) in [4.78, 5) is 31.7. The second-order valence-corrected chi connectivity index (χ2v) is 8.97. The number of nitrogens with one attached hydrogen (secondary N) is 2. The average Bonchev–Trinajstić information content (AvgIpc) is 3.41. The molecule has 2 N–H and O–H groups in total. The van der Waals surface area contributed by atoms with Gasteiger partial charge in [-0.1, -0.05) is 31.9 Å². The smallest absolute Gasteiger partial charge is 0.233 e. The molecule has 2 saturated carbocycles. The van der Waals surface area contributed by atoms with Crippen LogP contribution in [-0.2, 0) is 9.59 Å². The Morgan fingerprint density at radius 3 is 2.37 bits per heavy atom. The third kappa shape index (κ3) is 3.39. The number of fused-ring (bicyclic) bond motifs is 5. The van der Waals surface area contributed by atoms with E-state index in [1.54, 1.807) is 0 Å². The predicted molar refractivity (Wildman–Crippen MR) is 105 cm³/mol. The third-order valence-electron chi connectivity index (χ3n) is 6.96. The van der Waals surface area contributed by atoms with Gasteiger partial charge in [0.1, 0.15) is 0 Å². The van der Waals surface area contributed by atoms with Gasteiger partial charge in [0.25, 0.3) is 0 Å². The van der Waals surface area contributed by atoms with Crippen LogP contribution in [-0.4, -0.2) is 48.9 Å². The summed E-state index contributed by atoms with van der Waals surface area (Å²) >= 11 is 0. The molecule has 3 aliphatic carbocycles. The first-order valence-corrected chi connectivity index (χ1v) is 10.6. The summed E-state index contributed by atoms with van der Waals surface area (Å²) in [5.74, 6) is 1.20. The number of amides is 2. The number of likely N-dealkylation sites (tertiary alicyclic amines) is 1. The number of guanidine groups is 1. The van der Waals surface area contributed by atoms with Crippen LogP contribution in [0.25, 0.3) is 0 Å². The van der Waals surface area contributed by atoms with E-state index in [1.807, 2.05) is 6.92 Å². The summed E-state index contributed by atoms with van der Waals surface area (Å²) in [6, 6.07) is 0. The molecule has 4 rings (SSSR count). The third-order valence-corrected chi connectivity index (χ3v) is 6.96. The number of rotatable bonds is 6. The maximum atomic E-state index is 12.7. The molecule has 148 valence electrons. The zero-order valence-corrected chi connectivity index (χ0v) is 16.5. The number of imide groups is 1. The van der Waals surface area contributed by atoms with Crippen molar-refractivity contribution in [3.05, 3.63) is 12.2 Å². The van der Waals surface area contributed by atoms with Crippen molar-refractivity contribution in [2.75, 3.05) is 26.2 Å². The van der Waals surface area contributed by atoms with Crippen LogP contribution in [0.15, 0.2) is 17.1 Å². The Hall–Kier alpha value is -1.85. The Labute approximate surface area is 161 Å². The van der Waals surface area contributed by atoms with Crippen molar-refractivity contribution in [2.24, 2.45) is 34.1 Å². The minimum Gasteiger partial charge on any atom is -0.357 e. The van der Waals surface area contributed by atoms with Crippen LogP contribution in [0.2, 0.25) is 0 Å². The Kier molecular flexibility index (Phi) is 4.99. The highest BCUT2D eigenvalue weighted by Gasteiger charge is 2.58. The topological polar surface area (TPSA) is 73.8 Å². The second-order valence-electron chi connectivity index (χ2n) is 8.97. The molecule has 0 radical (unpaired) electrons. The van der Waals surface area contributed by atoms with Crippen LogP contribution in [0.1, 0.15) is 46.0 Å². The van der Waals surface area contributed by atoms with Crippen LogP contribution in [0.3, 0.4) is 0 Å². The Morgan fingerprint density at radius 1 is 1.15 bits per heavy atom. The van der Waals surface area contributed by atoms with Crippen molar-refractivity contribution < 1.29 is 9.59 Å². The van der Waals surface area contributed by atoms with Gasteiger partial charge in [0.15, 0.2) is 5.96 Å². The molecular formula is C21H32N4O2. The van der Waals surface area contributed by atoms with E-state index in [0.717, 1.165) is 25.5 Å². The maximum Gasteiger partial charge on any atom is 0.233 e. The van der Waals surface area contributed by atoms with Crippen LogP contribution < -0.4 is 10.6 Å². The molecule has 4 unspecified atom stereocenters. The van der Waals surface area contributed by atoms with Crippen LogP contribution in [0.4, 0.5) is 0 Å². The number of hydrogen-bond donors (Lipinski definition) is 2. The lowest BCUT2D eigenvalue weighted by atomic mass is 9.85. The predicted octanol–water partition coefficient (Wildman–Crippen LogP) is 1.93. The van der Waals surface area contributed by atoms with Crippen molar-refractivity contribution in [3.8, 4) is 0 Å². The minimum absolute atomic E-state index is 0.0315. The first kappa shape index (κ1) is 18.5. The van der Waals surface area contributed by atoms with E-state index >= 15 is 0 Å². The number of carbonyl (C=O) groups excluding carboxylic acids is 2. The number of allylic oxidation sites excluding steroid dienone is 2. The molecule has 6 nitrogen and oxygen atoms in total. The standard InChI is InChI=1S/C21H32N4O2/c1-3-22-20(24-13-21(2)8-4-5-9-21)23-10-11-25-18(26)16-14-6-7-15(12-14)17(16)19(25)27/h6-7,14-17H,3-5,8-13H2,1-2H3,(H2,22,23,24). The van der Waals surface area contributed by atoms with Gasteiger partial charge in [-0.15, -0.1) is 0 Å². The second kappa shape index (κ2) is 7.28. The van der Waals surface area contributed by atoms with Crippen LogP contribution in [0, 0.1) is 29.1 Å². The fourth-order valence-corrected chi connectivity index (χ4v) is 5.47. The number of carbonyl (C=O) groups is 2. The molecule has 27 heavy (non-hydrogen) atoms. The molecule has 1 aliphatic heterocycles. The normalized spacial score (nSPS) is 33.9. The summed E-state index contributed by atoms with van der Waals surface area (Å²) < 4.78 is 0. The molecule has 0 spiro atoms. The molecule has 3 fully saturated rings. The first-order chi connectivity index (χ1) is 13.0. The molecule has 0 aromatic heterocycles. The highest BCUT2D eigenvalue weighted by atomic mass is 16.2. The quantitative estimate of drug-likeness (QED) is 0.323. The van der Waals surface area contributed by atoms with Crippen molar-refractivity contribution in [2.45, 2.75) is 46.0 Å². The fourth-order valence-electron chi connectivity index (χ4n) is 5.47. The number of nitrogens with zero attached hydrogens (tertiary/aromatic N) is 2. The van der Waals surface area contributed by atoms with Gasteiger partial charge in [0.05, 0.1) is 11.8 Å². The first-order valence-electron chi connectivity index (χ1n) is 10.6. The Balaban J connectivity index is 1.31. The van der Waals surface area contributed by atoms with E-state index in [1.165, 1.54) is 30.6 Å². The maximum absolute atomic E-state index is 12.7. The molecule has 2 amide bonds. The van der Waals surface area contributed by atoms with Gasteiger partial charge in [0, 0.05) is 26.2 Å². The number of hydrogen-bond acceptors (Lipinski definition) is 3. The van der Waals surface area contributed by atoms with Gasteiger partial charge in [0.2, 0.25) is 11.8 Å². The van der Waals surface area contributed by atoms with Crippen molar-refractivity contribution >= 4 is 17.8 Å². The molecule has 1 heterocycles. The SMILES string of the molecule is CCNC(=NCC1(C)CCCC1)NCCN1C(=O)C2C3C=CC(C3)C2C1=O. The van der Waals surface area contributed by atoms with Crippen molar-refractivity contribution in [1.29, 1.82) is 0 Å². The van der Waals surface area contributed by atoms with Crippen LogP contribution in [0.5, 0.6) is 0 Å². The van der Waals surface area contributed by atoms with Gasteiger partial charge < -0.3 is 10.6 Å². The summed E-state index contributed by atoms with van der Waals surface area (Å²) in [6.45, 7) is 6.95. The minimum atomic E-state index is -0.100. The molecule has 6 heteroatoms. The van der Waals surface area contributed by atoms with E-state index in [4.69, 9.17) is 4.99 Å². The molecule has 1 saturated heterocycles. The van der Waals surface area contributed by atoms with Gasteiger partial charge in [-0.05, 0) is 43.4 Å². The van der Waals surface area contributed by atoms with E-state index in [-0.39, 0.29) is 35.5 Å². The summed E-state index contributed by atoms with van der Waals surface area (Å²) in [5, 5.41) is 6.59. The van der Waals surface area contributed by atoms with E-state index in [2.05, 4.69) is 29.7 Å². The van der Waals surface area contributed by atoms with Gasteiger partial charge in [-0.25, -0.2) is 0 Å². The number of aliphatic imine (C=N–C) groups is 1. The zero-order chi connectivity index (χ0) is 19.0. The average molecular weight is 373 g/mol. The highest BCUT2D eigenvalue weighted by Crippen LogP contribution is 2.52. The highest BCUT2D eigenvalue weighted by molar-refractivity contribution is 6.06. The van der Waals surface area contributed by atoms with E-state index in [0.29, 0.717) is 18.5 Å². The monoisotopic (exact) mass is 372 g/mol. The Bertz CT molecular complexity index is 635. The largest absolute Gasteiger partial charge is 0.357 e. The summed E-state index contributed by atoms with van der Waals surface area (Å²) in [6.07, 6.45) is 10.3. The molecule has 0 aromatic carbocycles. The van der Waals surface area contributed by atoms with Crippen molar-refractivity contribution in [3.63, 3.8) is 0 Å². The summed E-state index contributed by atoms with van der Waals surface area (Å²) in [7, 11) is 0. The molecule has 0 aromatic rings. The lowest BCUT2D eigenvalue weighted by Gasteiger charge is -2.22. The Morgan fingerprint density at radius 2 is 1.78 bits per heavy atom. The lowest BCUT2D eigenvalue weighted by Crippen LogP contribution is -2.44. The van der Waals surface area contributed by atoms with Gasteiger partial charge >= 0.3 is 0 Å². The van der Waals surface area contributed by atoms with Gasteiger partial charge in [-0.3, -0.25) is 19.5 Å².